The number of rotatable bonds is 11. The molecule has 10 heteroatoms. The molecule has 0 spiro atoms. The number of esters is 1. The first-order valence-corrected chi connectivity index (χ1v) is 7.61. The summed E-state index contributed by atoms with van der Waals surface area (Å²) < 4.78 is 83.3. The van der Waals surface area contributed by atoms with Gasteiger partial charge in [-0.25, -0.2) is 4.79 Å². The van der Waals surface area contributed by atoms with E-state index in [0.29, 0.717) is 12.1 Å². The highest BCUT2D eigenvalue weighted by atomic mass is 19.4. The molecule has 1 aromatic carbocycles. The third-order valence-corrected chi connectivity index (χ3v) is 2.96. The van der Waals surface area contributed by atoms with Gasteiger partial charge in [0.15, 0.2) is 6.61 Å². The smallest absolute Gasteiger partial charge is 0.458 e. The summed E-state index contributed by atoms with van der Waals surface area (Å²) >= 11 is 0. The Morgan fingerprint density at radius 2 is 1.70 bits per heavy atom. The van der Waals surface area contributed by atoms with E-state index < -0.39 is 30.2 Å². The monoisotopic (exact) mass is 396 g/mol. The number of terminal acetylenes is 1. The summed E-state index contributed by atoms with van der Waals surface area (Å²) in [6, 6.07) is 3.23. The molecule has 0 N–H and O–H groups in total. The van der Waals surface area contributed by atoms with Gasteiger partial charge in [0.25, 0.3) is 0 Å². The molecule has 0 fully saturated rings. The predicted molar refractivity (Wildman–Crippen MR) is 83.3 cm³/mol. The van der Waals surface area contributed by atoms with Gasteiger partial charge in [-0.05, 0) is 12.1 Å². The Morgan fingerprint density at radius 3 is 2.37 bits per heavy atom. The van der Waals surface area contributed by atoms with E-state index in [1.807, 2.05) is 0 Å². The molecule has 0 aromatic heterocycles. The van der Waals surface area contributed by atoms with E-state index in [4.69, 9.17) is 25.4 Å². The number of alkyl halides is 5. The number of ether oxygens (including phenoxy) is 4. The predicted octanol–water partition coefficient (Wildman–Crippen LogP) is 2.93. The SMILES string of the molecule is C#CCOCCOCCOC(=O)COc1cccc(C(F)(F)C(F)(F)F)c1. The Balaban J connectivity index is 2.34. The molecule has 0 aliphatic heterocycles. The van der Waals surface area contributed by atoms with Crippen LogP contribution in [0.4, 0.5) is 22.0 Å². The molecule has 5 nitrogen and oxygen atoms in total. The zero-order chi connectivity index (χ0) is 20.3. The summed E-state index contributed by atoms with van der Waals surface area (Å²) in [6.07, 6.45) is -0.769. The fourth-order valence-electron chi connectivity index (χ4n) is 1.69. The van der Waals surface area contributed by atoms with Crippen molar-refractivity contribution in [3.8, 4) is 18.1 Å². The van der Waals surface area contributed by atoms with Gasteiger partial charge in [0.2, 0.25) is 0 Å². The lowest BCUT2D eigenvalue weighted by Crippen LogP contribution is -2.33. The van der Waals surface area contributed by atoms with Gasteiger partial charge in [0.05, 0.1) is 19.8 Å². The van der Waals surface area contributed by atoms with Gasteiger partial charge < -0.3 is 18.9 Å². The Hall–Kier alpha value is -2.38. The minimum atomic E-state index is -5.74. The Kier molecular flexibility index (Phi) is 8.97. The van der Waals surface area contributed by atoms with Crippen LogP contribution in [0.25, 0.3) is 0 Å². The van der Waals surface area contributed by atoms with E-state index in [0.717, 1.165) is 12.1 Å². The van der Waals surface area contributed by atoms with E-state index in [1.165, 1.54) is 0 Å². The van der Waals surface area contributed by atoms with Gasteiger partial charge in [0.1, 0.15) is 19.0 Å². The van der Waals surface area contributed by atoms with E-state index in [-0.39, 0.29) is 38.8 Å². The fraction of sp³-hybridized carbons (Fsp3) is 0.471. The summed E-state index contributed by atoms with van der Waals surface area (Å²) in [5.74, 6) is -3.92. The molecule has 1 rings (SSSR count). The lowest BCUT2D eigenvalue weighted by Gasteiger charge is -2.20. The summed E-state index contributed by atoms with van der Waals surface area (Å²) in [6.45, 7) is 0.0101. The van der Waals surface area contributed by atoms with Gasteiger partial charge >= 0.3 is 18.1 Å². The molecule has 27 heavy (non-hydrogen) atoms. The maximum atomic E-state index is 13.3. The average Bonchev–Trinajstić information content (AvgIpc) is 2.61. The van der Waals surface area contributed by atoms with Gasteiger partial charge in [-0.15, -0.1) is 6.42 Å². The van der Waals surface area contributed by atoms with Crippen LogP contribution in [0.3, 0.4) is 0 Å². The first-order chi connectivity index (χ1) is 12.7. The zero-order valence-electron chi connectivity index (χ0n) is 14.1. The normalized spacial score (nSPS) is 11.7. The number of hydrogen-bond acceptors (Lipinski definition) is 5. The van der Waals surface area contributed by atoms with Crippen molar-refractivity contribution in [1.82, 2.24) is 0 Å². The second-order valence-corrected chi connectivity index (χ2v) is 4.98. The molecule has 0 aliphatic carbocycles. The van der Waals surface area contributed by atoms with E-state index in [2.05, 4.69) is 5.92 Å². The van der Waals surface area contributed by atoms with E-state index >= 15 is 0 Å². The topological polar surface area (TPSA) is 54.0 Å². The van der Waals surface area contributed by atoms with Crippen molar-refractivity contribution >= 4 is 5.97 Å². The van der Waals surface area contributed by atoms with E-state index in [1.54, 1.807) is 0 Å². The van der Waals surface area contributed by atoms with Crippen molar-refractivity contribution in [3.05, 3.63) is 29.8 Å². The molecule has 0 saturated heterocycles. The summed E-state index contributed by atoms with van der Waals surface area (Å²) in [7, 11) is 0. The zero-order valence-corrected chi connectivity index (χ0v) is 14.1. The Labute approximate surface area is 152 Å². The molecule has 0 saturated carbocycles. The standard InChI is InChI=1S/C17H17F5O5/c1-2-6-24-7-8-25-9-10-26-15(23)12-27-14-5-3-4-13(11-14)16(18,19)17(20,21)22/h1,3-5,11H,6-10,12H2. The first-order valence-electron chi connectivity index (χ1n) is 7.61. The number of carbonyl (C=O) groups excluding carboxylic acids is 1. The molecule has 1 aromatic rings. The van der Waals surface area contributed by atoms with Crippen molar-refractivity contribution in [1.29, 1.82) is 0 Å². The van der Waals surface area contributed by atoms with Crippen molar-refractivity contribution in [2.45, 2.75) is 12.1 Å². The number of benzene rings is 1. The van der Waals surface area contributed by atoms with Crippen LogP contribution in [0.5, 0.6) is 5.75 Å². The third kappa shape index (κ3) is 7.80. The Bertz CT molecular complexity index is 639. The molecule has 0 atom stereocenters. The van der Waals surface area contributed by atoms with Crippen LogP contribution >= 0.6 is 0 Å². The lowest BCUT2D eigenvalue weighted by atomic mass is 10.1. The molecule has 150 valence electrons. The van der Waals surface area contributed by atoms with Crippen LogP contribution < -0.4 is 4.74 Å². The number of halogens is 5. The van der Waals surface area contributed by atoms with Crippen LogP contribution in [-0.2, 0) is 24.9 Å². The minimum Gasteiger partial charge on any atom is -0.482 e. The van der Waals surface area contributed by atoms with Gasteiger partial charge in [-0.2, -0.15) is 22.0 Å². The number of hydrogen-bond donors (Lipinski definition) is 0. The highest BCUT2D eigenvalue weighted by Gasteiger charge is 2.58. The van der Waals surface area contributed by atoms with E-state index in [9.17, 15) is 26.7 Å². The Morgan fingerprint density at radius 1 is 1.04 bits per heavy atom. The summed E-state index contributed by atoms with van der Waals surface area (Å²) in [5, 5.41) is 0. The molecular formula is C17H17F5O5. The highest BCUT2D eigenvalue weighted by Crippen LogP contribution is 2.44. The maximum absolute atomic E-state index is 13.3. The highest BCUT2D eigenvalue weighted by molar-refractivity contribution is 5.71. The summed E-state index contributed by atoms with van der Waals surface area (Å²) in [4.78, 5) is 11.5. The molecule has 0 amide bonds. The van der Waals surface area contributed by atoms with Crippen molar-refractivity contribution < 1.29 is 45.7 Å². The second-order valence-electron chi connectivity index (χ2n) is 4.98. The molecule has 0 bridgehead atoms. The summed E-state index contributed by atoms with van der Waals surface area (Å²) in [5.41, 5.74) is -1.29. The van der Waals surface area contributed by atoms with Crippen LogP contribution in [0, 0.1) is 12.3 Å². The fourth-order valence-corrected chi connectivity index (χ4v) is 1.69. The van der Waals surface area contributed by atoms with Crippen molar-refractivity contribution in [2.24, 2.45) is 0 Å². The molecule has 0 radical (unpaired) electrons. The van der Waals surface area contributed by atoms with Gasteiger partial charge in [0, 0.05) is 5.56 Å². The lowest BCUT2D eigenvalue weighted by molar-refractivity contribution is -0.289. The molecule has 0 aliphatic rings. The average molecular weight is 396 g/mol. The van der Waals surface area contributed by atoms with Crippen LogP contribution in [0.15, 0.2) is 24.3 Å². The van der Waals surface area contributed by atoms with Crippen molar-refractivity contribution in [3.63, 3.8) is 0 Å². The quantitative estimate of drug-likeness (QED) is 0.249. The van der Waals surface area contributed by atoms with Crippen molar-refractivity contribution in [2.75, 3.05) is 39.6 Å². The van der Waals surface area contributed by atoms with Gasteiger partial charge in [-0.1, -0.05) is 18.1 Å². The van der Waals surface area contributed by atoms with Crippen LogP contribution in [0.2, 0.25) is 0 Å². The number of carbonyl (C=O) groups is 1. The molecule has 0 heterocycles. The molecular weight excluding hydrogens is 379 g/mol. The third-order valence-electron chi connectivity index (χ3n) is 2.96. The second kappa shape index (κ2) is 10.7. The van der Waals surface area contributed by atoms with Crippen LogP contribution in [-0.4, -0.2) is 51.8 Å². The first kappa shape index (κ1) is 22.7. The minimum absolute atomic E-state index is 0.0818. The molecule has 0 unspecified atom stereocenters. The largest absolute Gasteiger partial charge is 0.482 e. The van der Waals surface area contributed by atoms with Crippen LogP contribution in [0.1, 0.15) is 5.56 Å². The maximum Gasteiger partial charge on any atom is 0.458 e. The van der Waals surface area contributed by atoms with Gasteiger partial charge in [-0.3, -0.25) is 0 Å².